The minimum atomic E-state index is -0.0742. The number of carbonyl (C=O) groups is 1. The van der Waals surface area contributed by atoms with Crippen molar-refractivity contribution in [2.75, 3.05) is 13.6 Å². The van der Waals surface area contributed by atoms with E-state index in [0.29, 0.717) is 6.04 Å². The third kappa shape index (κ3) is 2.96. The molecule has 3 N–H and O–H groups in total. The maximum absolute atomic E-state index is 11.2. The Bertz CT molecular complexity index is 190. The van der Waals surface area contributed by atoms with Crippen LogP contribution in [0.4, 0.5) is 0 Å². The molecule has 1 fully saturated rings. The molecule has 1 atom stereocenters. The minimum Gasteiger partial charge on any atom is -0.303 e. The summed E-state index contributed by atoms with van der Waals surface area (Å²) in [4.78, 5) is 13.5. The number of rotatable bonds is 4. The van der Waals surface area contributed by atoms with Gasteiger partial charge in [0.25, 0.3) is 0 Å². The van der Waals surface area contributed by atoms with E-state index < -0.39 is 0 Å². The lowest BCUT2D eigenvalue weighted by atomic mass is 10.1. The van der Waals surface area contributed by atoms with Gasteiger partial charge in [0.05, 0.1) is 0 Å². The van der Waals surface area contributed by atoms with Crippen LogP contribution < -0.4 is 11.3 Å². The molecule has 0 spiro atoms. The van der Waals surface area contributed by atoms with Crippen molar-refractivity contribution in [3.8, 4) is 0 Å². The Morgan fingerprint density at radius 1 is 1.57 bits per heavy atom. The van der Waals surface area contributed by atoms with Crippen molar-refractivity contribution in [3.05, 3.63) is 0 Å². The Morgan fingerprint density at radius 2 is 2.14 bits per heavy atom. The molecule has 0 aromatic heterocycles. The van der Waals surface area contributed by atoms with Gasteiger partial charge in [0, 0.05) is 18.5 Å². The van der Waals surface area contributed by atoms with Gasteiger partial charge >= 0.3 is 0 Å². The average Bonchev–Trinajstić information content (AvgIpc) is 2.69. The zero-order chi connectivity index (χ0) is 10.6. The summed E-state index contributed by atoms with van der Waals surface area (Å²) in [5.74, 6) is 4.99. The highest BCUT2D eigenvalue weighted by atomic mass is 16.2. The van der Waals surface area contributed by atoms with Crippen LogP contribution in [-0.4, -0.2) is 30.4 Å². The Morgan fingerprint density at radius 3 is 2.64 bits per heavy atom. The molecule has 1 unspecified atom stereocenters. The molecule has 0 bridgehead atoms. The molecule has 1 saturated carbocycles. The molecule has 4 nitrogen and oxygen atoms in total. The molecule has 14 heavy (non-hydrogen) atoms. The molecule has 0 saturated heterocycles. The van der Waals surface area contributed by atoms with Crippen LogP contribution in [0, 0.1) is 5.92 Å². The van der Waals surface area contributed by atoms with Gasteiger partial charge in [-0.15, -0.1) is 0 Å². The van der Waals surface area contributed by atoms with Gasteiger partial charge in [-0.1, -0.05) is 19.8 Å². The lowest BCUT2D eigenvalue weighted by Gasteiger charge is -2.26. The summed E-state index contributed by atoms with van der Waals surface area (Å²) in [6.07, 6.45) is 5.19. The number of nitrogens with zero attached hydrogens (tertiary/aromatic N) is 1. The lowest BCUT2D eigenvalue weighted by molar-refractivity contribution is -0.125. The number of hydrogen-bond acceptors (Lipinski definition) is 3. The summed E-state index contributed by atoms with van der Waals surface area (Å²) in [7, 11) is 2.09. The van der Waals surface area contributed by atoms with Crippen molar-refractivity contribution >= 4 is 5.91 Å². The maximum Gasteiger partial charge on any atom is 0.237 e. The molecule has 0 aliphatic heterocycles. The van der Waals surface area contributed by atoms with Crippen molar-refractivity contribution in [1.29, 1.82) is 0 Å². The highest BCUT2D eigenvalue weighted by Crippen LogP contribution is 2.22. The summed E-state index contributed by atoms with van der Waals surface area (Å²) in [5, 5.41) is 0. The van der Waals surface area contributed by atoms with Crippen LogP contribution >= 0.6 is 0 Å². The first-order valence-corrected chi connectivity index (χ1v) is 5.36. The molecule has 0 aromatic carbocycles. The van der Waals surface area contributed by atoms with Gasteiger partial charge in [-0.2, -0.15) is 0 Å². The number of hydrogen-bond donors (Lipinski definition) is 2. The molecular weight excluding hydrogens is 178 g/mol. The van der Waals surface area contributed by atoms with E-state index in [-0.39, 0.29) is 11.8 Å². The summed E-state index contributed by atoms with van der Waals surface area (Å²) in [6.45, 7) is 2.71. The predicted molar refractivity (Wildman–Crippen MR) is 56.4 cm³/mol. The fourth-order valence-electron chi connectivity index (χ4n) is 2.15. The number of nitrogens with one attached hydrogen (secondary N) is 1. The van der Waals surface area contributed by atoms with E-state index in [0.717, 1.165) is 6.54 Å². The summed E-state index contributed by atoms with van der Waals surface area (Å²) in [5.41, 5.74) is 2.20. The first-order chi connectivity index (χ1) is 6.65. The molecule has 0 radical (unpaired) electrons. The summed E-state index contributed by atoms with van der Waals surface area (Å²) < 4.78 is 0. The second-order valence-corrected chi connectivity index (χ2v) is 4.29. The Balaban J connectivity index is 2.31. The van der Waals surface area contributed by atoms with E-state index in [1.807, 2.05) is 6.92 Å². The average molecular weight is 199 g/mol. The van der Waals surface area contributed by atoms with Gasteiger partial charge in [-0.05, 0) is 19.9 Å². The first-order valence-electron chi connectivity index (χ1n) is 5.36. The molecule has 1 rings (SSSR count). The monoisotopic (exact) mass is 199 g/mol. The van der Waals surface area contributed by atoms with E-state index in [1.165, 1.54) is 25.7 Å². The number of hydrazine groups is 1. The molecule has 0 aromatic rings. The van der Waals surface area contributed by atoms with Crippen LogP contribution in [0.2, 0.25) is 0 Å². The van der Waals surface area contributed by atoms with Crippen LogP contribution in [0.15, 0.2) is 0 Å². The van der Waals surface area contributed by atoms with Gasteiger partial charge in [0.15, 0.2) is 0 Å². The Hall–Kier alpha value is -0.610. The first kappa shape index (κ1) is 11.5. The van der Waals surface area contributed by atoms with Gasteiger partial charge in [-0.3, -0.25) is 10.2 Å². The van der Waals surface area contributed by atoms with Crippen molar-refractivity contribution < 1.29 is 4.79 Å². The lowest BCUT2D eigenvalue weighted by Crippen LogP contribution is -2.41. The second kappa shape index (κ2) is 5.32. The number of nitrogens with two attached hydrogens (primary N) is 1. The molecule has 1 aliphatic rings. The highest BCUT2D eigenvalue weighted by molar-refractivity contribution is 5.77. The Kier molecular flexibility index (Phi) is 4.35. The van der Waals surface area contributed by atoms with Gasteiger partial charge in [0.2, 0.25) is 5.91 Å². The van der Waals surface area contributed by atoms with Gasteiger partial charge < -0.3 is 4.90 Å². The normalized spacial score (nSPS) is 20.0. The predicted octanol–water partition coefficient (Wildman–Crippen LogP) is 0.487. The summed E-state index contributed by atoms with van der Waals surface area (Å²) in [6, 6.07) is 0.669. The third-order valence-electron chi connectivity index (χ3n) is 3.10. The zero-order valence-electron chi connectivity index (χ0n) is 9.12. The van der Waals surface area contributed by atoms with Crippen molar-refractivity contribution in [1.82, 2.24) is 10.3 Å². The van der Waals surface area contributed by atoms with Crippen molar-refractivity contribution in [3.63, 3.8) is 0 Å². The molecule has 1 amide bonds. The fourth-order valence-corrected chi connectivity index (χ4v) is 2.15. The SMILES string of the molecule is CC(CN(C)C1CCCC1)C(=O)NN. The van der Waals surface area contributed by atoms with Gasteiger partial charge in [-0.25, -0.2) is 5.84 Å². The topological polar surface area (TPSA) is 58.4 Å². The van der Waals surface area contributed by atoms with Crippen LogP contribution in [-0.2, 0) is 4.79 Å². The smallest absolute Gasteiger partial charge is 0.237 e. The fraction of sp³-hybridized carbons (Fsp3) is 0.900. The summed E-state index contributed by atoms with van der Waals surface area (Å²) >= 11 is 0. The second-order valence-electron chi connectivity index (χ2n) is 4.29. The molecule has 1 aliphatic carbocycles. The van der Waals surface area contributed by atoms with E-state index in [9.17, 15) is 4.79 Å². The van der Waals surface area contributed by atoms with E-state index in [1.54, 1.807) is 0 Å². The van der Waals surface area contributed by atoms with Crippen molar-refractivity contribution in [2.45, 2.75) is 38.6 Å². The standard InChI is InChI=1S/C10H21N3O/c1-8(10(14)12-11)7-13(2)9-5-3-4-6-9/h8-9H,3-7,11H2,1-2H3,(H,12,14). The molecule has 0 heterocycles. The Labute approximate surface area is 85.8 Å². The quantitative estimate of drug-likeness (QED) is 0.393. The van der Waals surface area contributed by atoms with Crippen LogP contribution in [0.1, 0.15) is 32.6 Å². The number of carbonyl (C=O) groups excluding carboxylic acids is 1. The van der Waals surface area contributed by atoms with Crippen molar-refractivity contribution in [2.24, 2.45) is 11.8 Å². The van der Waals surface area contributed by atoms with E-state index in [2.05, 4.69) is 17.4 Å². The van der Waals surface area contributed by atoms with E-state index >= 15 is 0 Å². The maximum atomic E-state index is 11.2. The molecule has 82 valence electrons. The van der Waals surface area contributed by atoms with Crippen LogP contribution in [0.5, 0.6) is 0 Å². The minimum absolute atomic E-state index is 0.0226. The van der Waals surface area contributed by atoms with Gasteiger partial charge in [0.1, 0.15) is 0 Å². The van der Waals surface area contributed by atoms with Crippen LogP contribution in [0.25, 0.3) is 0 Å². The third-order valence-corrected chi connectivity index (χ3v) is 3.10. The zero-order valence-corrected chi connectivity index (χ0v) is 9.12. The van der Waals surface area contributed by atoms with Crippen LogP contribution in [0.3, 0.4) is 0 Å². The largest absolute Gasteiger partial charge is 0.303 e. The molecule has 4 heteroatoms. The van der Waals surface area contributed by atoms with E-state index in [4.69, 9.17) is 5.84 Å². The highest BCUT2D eigenvalue weighted by Gasteiger charge is 2.22. The molecular formula is C10H21N3O. The number of amides is 1.